The molecule has 2 heterocycles. The van der Waals surface area contributed by atoms with Crippen molar-refractivity contribution in [3.8, 4) is 0 Å². The van der Waals surface area contributed by atoms with Crippen molar-refractivity contribution in [2.75, 3.05) is 13.1 Å². The number of carbonyl (C=O) groups is 1. The molecule has 0 radical (unpaired) electrons. The van der Waals surface area contributed by atoms with Crippen molar-refractivity contribution < 1.29 is 4.79 Å². The van der Waals surface area contributed by atoms with Crippen molar-refractivity contribution in [3.63, 3.8) is 0 Å². The van der Waals surface area contributed by atoms with Gasteiger partial charge in [0.1, 0.15) is 12.2 Å². The Morgan fingerprint density at radius 2 is 2.05 bits per heavy atom. The number of hydrogen-bond donors (Lipinski definition) is 0. The molecule has 0 atom stereocenters. The van der Waals surface area contributed by atoms with Crippen LogP contribution in [-0.4, -0.2) is 38.5 Å². The van der Waals surface area contributed by atoms with E-state index >= 15 is 0 Å². The molecule has 0 saturated carbocycles. The van der Waals surface area contributed by atoms with Crippen LogP contribution in [0.1, 0.15) is 22.6 Å². The first-order valence-electron chi connectivity index (χ1n) is 6.60. The fourth-order valence-electron chi connectivity index (χ4n) is 2.35. The Balaban J connectivity index is 1.55. The molecule has 0 amide bonds. The van der Waals surface area contributed by atoms with E-state index in [4.69, 9.17) is 0 Å². The van der Waals surface area contributed by atoms with Crippen LogP contribution in [0.3, 0.4) is 0 Å². The highest BCUT2D eigenvalue weighted by molar-refractivity contribution is 9.10. The molecule has 1 aromatic heterocycles. The maximum atomic E-state index is 12.1. The van der Waals surface area contributed by atoms with E-state index in [0.29, 0.717) is 6.42 Å². The molecule has 1 aromatic carbocycles. The van der Waals surface area contributed by atoms with Crippen molar-refractivity contribution in [3.05, 3.63) is 46.5 Å². The van der Waals surface area contributed by atoms with E-state index < -0.39 is 0 Å². The minimum Gasteiger partial charge on any atom is -0.315 e. The number of carbonyl (C=O) groups excluding carboxylic acids is 1. The molecule has 0 bridgehead atoms. The van der Waals surface area contributed by atoms with Crippen LogP contribution in [0.2, 0.25) is 0 Å². The Hall–Kier alpha value is -1.53. The second-order valence-corrected chi connectivity index (χ2v) is 5.81. The van der Waals surface area contributed by atoms with E-state index in [1.165, 1.54) is 0 Å². The fourth-order valence-corrected chi connectivity index (χ4v) is 2.61. The Morgan fingerprint density at radius 1 is 1.25 bits per heavy atom. The van der Waals surface area contributed by atoms with Gasteiger partial charge in [-0.1, -0.05) is 28.1 Å². The summed E-state index contributed by atoms with van der Waals surface area (Å²) in [4.78, 5) is 14.4. The smallest absolute Gasteiger partial charge is 0.164 e. The molecule has 0 spiro atoms. The highest BCUT2D eigenvalue weighted by atomic mass is 79.9. The van der Waals surface area contributed by atoms with Gasteiger partial charge in [-0.2, -0.15) is 0 Å². The molecule has 5 nitrogen and oxygen atoms in total. The topological polar surface area (TPSA) is 51.0 Å². The van der Waals surface area contributed by atoms with Crippen molar-refractivity contribution in [2.45, 2.75) is 19.5 Å². The van der Waals surface area contributed by atoms with Gasteiger partial charge >= 0.3 is 0 Å². The average Bonchev–Trinajstić information content (AvgIpc) is 2.93. The zero-order chi connectivity index (χ0) is 13.9. The number of aromatic nitrogens is 3. The maximum absolute atomic E-state index is 12.1. The third-order valence-corrected chi connectivity index (χ3v) is 4.07. The van der Waals surface area contributed by atoms with Crippen LogP contribution in [-0.2, 0) is 13.1 Å². The summed E-state index contributed by atoms with van der Waals surface area (Å²) in [6.07, 6.45) is 2.30. The lowest BCUT2D eigenvalue weighted by Gasteiger charge is -2.26. The number of hydrogen-bond acceptors (Lipinski definition) is 4. The summed E-state index contributed by atoms with van der Waals surface area (Å²) in [5.74, 6) is 1.16. The predicted molar refractivity (Wildman–Crippen MR) is 78.4 cm³/mol. The monoisotopic (exact) mass is 334 g/mol. The van der Waals surface area contributed by atoms with Crippen LogP contribution in [0, 0.1) is 0 Å². The summed E-state index contributed by atoms with van der Waals surface area (Å²) in [6.45, 7) is 3.38. The van der Waals surface area contributed by atoms with Gasteiger partial charge in [0.25, 0.3) is 0 Å². The Morgan fingerprint density at radius 3 is 2.85 bits per heavy atom. The minimum absolute atomic E-state index is 0.185. The van der Waals surface area contributed by atoms with E-state index in [-0.39, 0.29) is 5.78 Å². The van der Waals surface area contributed by atoms with Crippen molar-refractivity contribution >= 4 is 21.7 Å². The number of rotatable bonds is 4. The van der Waals surface area contributed by atoms with E-state index in [1.807, 2.05) is 24.3 Å². The second-order valence-electron chi connectivity index (χ2n) is 4.90. The molecule has 0 N–H and O–H groups in total. The summed E-state index contributed by atoms with van der Waals surface area (Å²) in [5.41, 5.74) is 0.772. The average molecular weight is 335 g/mol. The summed E-state index contributed by atoms with van der Waals surface area (Å²) in [7, 11) is 0. The highest BCUT2D eigenvalue weighted by Crippen LogP contribution is 2.13. The summed E-state index contributed by atoms with van der Waals surface area (Å²) in [5, 5.41) is 7.99. The largest absolute Gasteiger partial charge is 0.315 e. The van der Waals surface area contributed by atoms with E-state index in [9.17, 15) is 4.79 Å². The molecular weight excluding hydrogens is 320 g/mol. The second kappa shape index (κ2) is 5.85. The van der Waals surface area contributed by atoms with Gasteiger partial charge in [-0.25, -0.2) is 0 Å². The lowest BCUT2D eigenvalue weighted by Crippen LogP contribution is -2.35. The number of Topliss-reactive ketones (excluding diaryl/α,β-unsaturated/α-hetero) is 1. The standard InChI is InChI=1S/C14H15BrN4O/c15-12-3-1-11(2-4-12)13(20)5-6-18-7-8-19-10-16-17-14(19)9-18/h1-4,10H,5-9H2. The lowest BCUT2D eigenvalue weighted by molar-refractivity contribution is 0.0955. The van der Waals surface area contributed by atoms with Gasteiger partial charge in [0.05, 0.1) is 6.54 Å². The fraction of sp³-hybridized carbons (Fsp3) is 0.357. The number of benzene rings is 1. The molecule has 104 valence electrons. The van der Waals surface area contributed by atoms with Crippen LogP contribution >= 0.6 is 15.9 Å². The number of halogens is 1. The van der Waals surface area contributed by atoms with Gasteiger partial charge in [0, 0.05) is 36.1 Å². The number of fused-ring (bicyclic) bond motifs is 1. The van der Waals surface area contributed by atoms with Gasteiger partial charge in [0.15, 0.2) is 5.78 Å². The quantitative estimate of drug-likeness (QED) is 0.804. The molecule has 1 aliphatic rings. The van der Waals surface area contributed by atoms with E-state index in [1.54, 1.807) is 6.33 Å². The van der Waals surface area contributed by atoms with E-state index in [0.717, 1.165) is 42.0 Å². The van der Waals surface area contributed by atoms with Crippen LogP contribution in [0.25, 0.3) is 0 Å². The zero-order valence-electron chi connectivity index (χ0n) is 11.0. The number of nitrogens with zero attached hydrogens (tertiary/aromatic N) is 4. The Bertz CT molecular complexity index is 608. The third-order valence-electron chi connectivity index (χ3n) is 3.54. The van der Waals surface area contributed by atoms with Crippen LogP contribution in [0.15, 0.2) is 35.1 Å². The van der Waals surface area contributed by atoms with Crippen LogP contribution < -0.4 is 0 Å². The van der Waals surface area contributed by atoms with E-state index in [2.05, 4.69) is 35.6 Å². The molecule has 0 saturated heterocycles. The lowest BCUT2D eigenvalue weighted by atomic mass is 10.1. The highest BCUT2D eigenvalue weighted by Gasteiger charge is 2.18. The maximum Gasteiger partial charge on any atom is 0.164 e. The first kappa shape index (κ1) is 13.5. The van der Waals surface area contributed by atoms with Crippen LogP contribution in [0.4, 0.5) is 0 Å². The van der Waals surface area contributed by atoms with Gasteiger partial charge in [0.2, 0.25) is 0 Å². The van der Waals surface area contributed by atoms with Gasteiger partial charge in [-0.05, 0) is 12.1 Å². The van der Waals surface area contributed by atoms with Crippen molar-refractivity contribution in [2.24, 2.45) is 0 Å². The van der Waals surface area contributed by atoms with Gasteiger partial charge in [-0.3, -0.25) is 9.69 Å². The molecule has 0 fully saturated rings. The summed E-state index contributed by atoms with van der Waals surface area (Å²) < 4.78 is 3.05. The van der Waals surface area contributed by atoms with Gasteiger partial charge in [-0.15, -0.1) is 10.2 Å². The Labute approximate surface area is 125 Å². The summed E-state index contributed by atoms with van der Waals surface area (Å²) in [6, 6.07) is 7.52. The molecule has 2 aromatic rings. The molecule has 3 rings (SSSR count). The SMILES string of the molecule is O=C(CCN1CCn2cnnc2C1)c1ccc(Br)cc1. The minimum atomic E-state index is 0.185. The summed E-state index contributed by atoms with van der Waals surface area (Å²) >= 11 is 3.37. The van der Waals surface area contributed by atoms with Crippen molar-refractivity contribution in [1.29, 1.82) is 0 Å². The molecule has 1 aliphatic heterocycles. The van der Waals surface area contributed by atoms with Crippen molar-refractivity contribution in [1.82, 2.24) is 19.7 Å². The Kier molecular flexibility index (Phi) is 3.93. The predicted octanol–water partition coefficient (Wildman–Crippen LogP) is 2.13. The molecule has 0 unspecified atom stereocenters. The third kappa shape index (κ3) is 2.96. The van der Waals surface area contributed by atoms with Gasteiger partial charge < -0.3 is 4.57 Å². The van der Waals surface area contributed by atoms with Crippen LogP contribution in [0.5, 0.6) is 0 Å². The zero-order valence-corrected chi connectivity index (χ0v) is 12.6. The normalized spacial score (nSPS) is 15.1. The first-order valence-corrected chi connectivity index (χ1v) is 7.39. The number of ketones is 1. The molecular formula is C14H15BrN4O. The molecule has 6 heteroatoms. The molecule has 20 heavy (non-hydrogen) atoms. The first-order chi connectivity index (χ1) is 9.72. The molecule has 0 aliphatic carbocycles.